The molecule has 1 aliphatic carbocycles. The molecule has 0 amide bonds. The van der Waals surface area contributed by atoms with E-state index in [-0.39, 0.29) is 10.8 Å². The summed E-state index contributed by atoms with van der Waals surface area (Å²) in [7, 11) is -7.20. The second-order valence-corrected chi connectivity index (χ2v) is 12.0. The zero-order valence-corrected chi connectivity index (χ0v) is 18.2. The van der Waals surface area contributed by atoms with Gasteiger partial charge in [-0.15, -0.1) is 11.3 Å². The lowest BCUT2D eigenvalue weighted by Gasteiger charge is -2.25. The molecular weight excluding hydrogens is 432 g/mol. The minimum Gasteiger partial charge on any atom is -0.379 e. The molecule has 29 heavy (non-hydrogen) atoms. The number of allylic oxidation sites excluding steroid dienone is 1. The van der Waals surface area contributed by atoms with Crippen molar-refractivity contribution in [3.05, 3.63) is 57.3 Å². The Morgan fingerprint density at radius 2 is 1.76 bits per heavy atom. The SMILES string of the molecule is O=S(=O)(NCc1ccc(S(=O)(=O)N2CCOCC2)s1)C1=Cc2ccccc2CC1. The lowest BCUT2D eigenvalue weighted by atomic mass is 9.98. The summed E-state index contributed by atoms with van der Waals surface area (Å²) < 4.78 is 60.2. The standard InChI is InChI=1S/C19H22N2O5S3/c22-28(23,18-7-5-15-3-1-2-4-16(15)13-18)20-14-17-6-8-19(27-17)29(24,25)21-9-11-26-12-10-21/h1-4,6,8,13,20H,5,7,9-12,14H2. The molecule has 1 saturated heterocycles. The van der Waals surface area contributed by atoms with Crippen molar-refractivity contribution >= 4 is 37.5 Å². The Hall–Kier alpha value is -1.56. The predicted octanol–water partition coefficient (Wildman–Crippen LogP) is 2.18. The molecule has 0 unspecified atom stereocenters. The van der Waals surface area contributed by atoms with Crippen LogP contribution < -0.4 is 4.72 Å². The molecule has 0 bridgehead atoms. The molecule has 4 rings (SSSR count). The maximum Gasteiger partial charge on any atom is 0.252 e. The van der Waals surface area contributed by atoms with Crippen LogP contribution in [0, 0.1) is 0 Å². The molecule has 0 radical (unpaired) electrons. The van der Waals surface area contributed by atoms with Crippen LogP contribution in [0.3, 0.4) is 0 Å². The highest BCUT2D eigenvalue weighted by atomic mass is 32.2. The van der Waals surface area contributed by atoms with Crippen molar-refractivity contribution < 1.29 is 21.6 Å². The molecule has 1 aromatic heterocycles. The fourth-order valence-electron chi connectivity index (χ4n) is 3.38. The minimum atomic E-state index is -3.63. The molecule has 1 aromatic carbocycles. The summed E-state index contributed by atoms with van der Waals surface area (Å²) in [5, 5.41) is 0. The highest BCUT2D eigenvalue weighted by molar-refractivity contribution is 7.93. The van der Waals surface area contributed by atoms with Crippen LogP contribution in [-0.4, -0.2) is 47.4 Å². The van der Waals surface area contributed by atoms with Gasteiger partial charge in [-0.3, -0.25) is 0 Å². The Labute approximate surface area is 175 Å². The molecule has 1 N–H and O–H groups in total. The van der Waals surface area contributed by atoms with Crippen molar-refractivity contribution in [3.8, 4) is 0 Å². The zero-order valence-electron chi connectivity index (χ0n) is 15.7. The number of aryl methyl sites for hydroxylation is 1. The first-order valence-corrected chi connectivity index (χ1v) is 13.0. The quantitative estimate of drug-likeness (QED) is 0.722. The van der Waals surface area contributed by atoms with Gasteiger partial charge in [0.1, 0.15) is 4.21 Å². The van der Waals surface area contributed by atoms with Gasteiger partial charge in [0.25, 0.3) is 10.0 Å². The molecule has 1 aliphatic heterocycles. The van der Waals surface area contributed by atoms with Gasteiger partial charge in [-0.1, -0.05) is 24.3 Å². The second kappa shape index (κ2) is 8.29. The fraction of sp³-hybridized carbons (Fsp3) is 0.368. The van der Waals surface area contributed by atoms with E-state index in [1.165, 1.54) is 10.4 Å². The van der Waals surface area contributed by atoms with Crippen LogP contribution in [0.15, 0.2) is 45.5 Å². The van der Waals surface area contributed by atoms with Crippen molar-refractivity contribution in [1.29, 1.82) is 0 Å². The first kappa shape index (κ1) is 20.7. The summed E-state index contributed by atoms with van der Waals surface area (Å²) in [4.78, 5) is 1.01. The number of morpholine rings is 1. The molecule has 1 fully saturated rings. The van der Waals surface area contributed by atoms with E-state index < -0.39 is 20.0 Å². The van der Waals surface area contributed by atoms with E-state index in [2.05, 4.69) is 4.72 Å². The summed E-state index contributed by atoms with van der Waals surface area (Å²) in [5.74, 6) is 0. The van der Waals surface area contributed by atoms with Crippen LogP contribution >= 0.6 is 11.3 Å². The fourth-order valence-corrected chi connectivity index (χ4v) is 7.52. The molecule has 2 heterocycles. The van der Waals surface area contributed by atoms with Gasteiger partial charge in [0.15, 0.2) is 0 Å². The monoisotopic (exact) mass is 454 g/mol. The van der Waals surface area contributed by atoms with Crippen molar-refractivity contribution in [2.24, 2.45) is 0 Å². The second-order valence-electron chi connectivity index (χ2n) is 6.87. The summed E-state index contributed by atoms with van der Waals surface area (Å²) in [5.41, 5.74) is 2.07. The van der Waals surface area contributed by atoms with E-state index in [0.717, 1.165) is 22.5 Å². The molecule has 0 saturated carbocycles. The van der Waals surface area contributed by atoms with Crippen LogP contribution in [0.5, 0.6) is 0 Å². The van der Waals surface area contributed by atoms with Crippen molar-refractivity contribution in [1.82, 2.24) is 9.03 Å². The first-order valence-electron chi connectivity index (χ1n) is 9.31. The van der Waals surface area contributed by atoms with Crippen LogP contribution in [-0.2, 0) is 37.7 Å². The number of ether oxygens (including phenoxy) is 1. The molecule has 0 atom stereocenters. The summed E-state index contributed by atoms with van der Waals surface area (Å²) >= 11 is 1.09. The number of benzene rings is 1. The van der Waals surface area contributed by atoms with Gasteiger partial charge in [0.2, 0.25) is 10.0 Å². The molecule has 2 aliphatic rings. The average molecular weight is 455 g/mol. The Kier molecular flexibility index (Phi) is 5.92. The summed E-state index contributed by atoms with van der Waals surface area (Å²) in [6.45, 7) is 1.49. The number of hydrogen-bond acceptors (Lipinski definition) is 6. The van der Waals surface area contributed by atoms with Crippen molar-refractivity contribution in [3.63, 3.8) is 0 Å². The highest BCUT2D eigenvalue weighted by Crippen LogP contribution is 2.28. The number of thiophene rings is 1. The van der Waals surface area contributed by atoms with E-state index in [1.54, 1.807) is 12.1 Å². The van der Waals surface area contributed by atoms with Gasteiger partial charge >= 0.3 is 0 Å². The van der Waals surface area contributed by atoms with E-state index >= 15 is 0 Å². The number of fused-ring (bicyclic) bond motifs is 1. The van der Waals surface area contributed by atoms with Crippen LogP contribution in [0.4, 0.5) is 0 Å². The molecule has 156 valence electrons. The Balaban J connectivity index is 1.45. The molecular formula is C19H22N2O5S3. The number of rotatable bonds is 6. The Bertz CT molecular complexity index is 1130. The van der Waals surface area contributed by atoms with Gasteiger partial charge < -0.3 is 4.74 Å². The normalized spacial score (nSPS) is 18.3. The third-order valence-corrected chi connectivity index (χ3v) is 9.98. The first-order chi connectivity index (χ1) is 13.9. The highest BCUT2D eigenvalue weighted by Gasteiger charge is 2.28. The van der Waals surface area contributed by atoms with E-state index in [9.17, 15) is 16.8 Å². The zero-order chi connectivity index (χ0) is 20.5. The van der Waals surface area contributed by atoms with Gasteiger partial charge in [-0.2, -0.15) is 4.31 Å². The number of nitrogens with zero attached hydrogens (tertiary/aromatic N) is 1. The molecule has 10 heteroatoms. The largest absolute Gasteiger partial charge is 0.379 e. The lowest BCUT2D eigenvalue weighted by molar-refractivity contribution is 0.0731. The average Bonchev–Trinajstić information content (AvgIpc) is 3.23. The van der Waals surface area contributed by atoms with Gasteiger partial charge in [0, 0.05) is 24.5 Å². The van der Waals surface area contributed by atoms with E-state index in [1.807, 2.05) is 24.3 Å². The van der Waals surface area contributed by atoms with E-state index in [0.29, 0.717) is 48.9 Å². The molecule has 7 nitrogen and oxygen atoms in total. The number of hydrogen-bond donors (Lipinski definition) is 1. The maximum atomic E-state index is 12.7. The van der Waals surface area contributed by atoms with Gasteiger partial charge in [0.05, 0.1) is 18.1 Å². The lowest BCUT2D eigenvalue weighted by Crippen LogP contribution is -2.40. The molecule has 0 spiro atoms. The summed E-state index contributed by atoms with van der Waals surface area (Å²) in [6, 6.07) is 10.9. The molecule has 2 aromatic rings. The smallest absolute Gasteiger partial charge is 0.252 e. The van der Waals surface area contributed by atoms with Crippen LogP contribution in [0.1, 0.15) is 22.4 Å². The number of nitrogens with one attached hydrogen (secondary N) is 1. The Morgan fingerprint density at radius 3 is 2.55 bits per heavy atom. The van der Waals surface area contributed by atoms with Gasteiger partial charge in [-0.05, 0) is 42.2 Å². The maximum absolute atomic E-state index is 12.7. The van der Waals surface area contributed by atoms with Crippen molar-refractivity contribution in [2.45, 2.75) is 23.6 Å². The summed E-state index contributed by atoms with van der Waals surface area (Å²) in [6.07, 6.45) is 2.85. The number of sulfonamides is 2. The topological polar surface area (TPSA) is 92.8 Å². The van der Waals surface area contributed by atoms with Crippen molar-refractivity contribution in [2.75, 3.05) is 26.3 Å². The van der Waals surface area contributed by atoms with Crippen LogP contribution in [0.2, 0.25) is 0 Å². The van der Waals surface area contributed by atoms with Gasteiger partial charge in [-0.25, -0.2) is 21.6 Å². The Morgan fingerprint density at radius 1 is 1.00 bits per heavy atom. The van der Waals surface area contributed by atoms with E-state index in [4.69, 9.17) is 4.74 Å². The predicted molar refractivity (Wildman–Crippen MR) is 112 cm³/mol. The van der Waals surface area contributed by atoms with Crippen LogP contribution in [0.25, 0.3) is 6.08 Å². The third kappa shape index (κ3) is 4.47. The third-order valence-electron chi connectivity index (χ3n) is 5.00. The minimum absolute atomic E-state index is 0.0601.